The Morgan fingerprint density at radius 1 is 1.13 bits per heavy atom. The highest BCUT2D eigenvalue weighted by Crippen LogP contribution is 2.49. The first-order valence-corrected chi connectivity index (χ1v) is 12.2. The molecule has 3 N–H and O–H groups in total. The van der Waals surface area contributed by atoms with Gasteiger partial charge in [0.1, 0.15) is 12.2 Å². The van der Waals surface area contributed by atoms with Crippen LogP contribution < -0.4 is 11.3 Å². The van der Waals surface area contributed by atoms with Crippen molar-refractivity contribution in [2.45, 2.75) is 78.7 Å². The number of carbonyl (C=O) groups excluding carboxylic acids is 1. The molecule has 180 valence electrons. The van der Waals surface area contributed by atoms with Crippen molar-refractivity contribution in [1.82, 2.24) is 20.4 Å². The number of hydrogen-bond acceptors (Lipinski definition) is 9. The summed E-state index contributed by atoms with van der Waals surface area (Å²) in [5.74, 6) is 4.70. The summed E-state index contributed by atoms with van der Waals surface area (Å²) in [4.78, 5) is 11.3. The van der Waals surface area contributed by atoms with Crippen LogP contribution in [0.5, 0.6) is 0 Å². The Hall–Kier alpha value is -1.36. The van der Waals surface area contributed by atoms with Gasteiger partial charge in [0.15, 0.2) is 0 Å². The van der Waals surface area contributed by atoms with Crippen molar-refractivity contribution in [3.05, 3.63) is 11.9 Å². The van der Waals surface area contributed by atoms with Gasteiger partial charge in [0.05, 0.1) is 50.0 Å². The van der Waals surface area contributed by atoms with Gasteiger partial charge >= 0.3 is 7.60 Å². The second kappa shape index (κ2) is 12.6. The summed E-state index contributed by atoms with van der Waals surface area (Å²) in [7, 11) is -3.09. The normalized spacial score (nSPS) is 12.9. The number of hydrazine groups is 1. The number of rotatable bonds is 16. The number of aromatic nitrogens is 3. The van der Waals surface area contributed by atoms with Crippen LogP contribution >= 0.6 is 7.60 Å². The summed E-state index contributed by atoms with van der Waals surface area (Å²) in [5.41, 5.74) is 1.72. The van der Waals surface area contributed by atoms with Crippen molar-refractivity contribution in [3.8, 4) is 0 Å². The maximum absolute atomic E-state index is 12.6. The molecule has 0 bridgehead atoms. The van der Waals surface area contributed by atoms with Gasteiger partial charge < -0.3 is 18.5 Å². The van der Waals surface area contributed by atoms with Gasteiger partial charge in [0.2, 0.25) is 0 Å². The molecular weight excluding hydrogens is 425 g/mol. The zero-order valence-electron chi connectivity index (χ0n) is 19.5. The molecular formula is C19H38N5O6P. The quantitative estimate of drug-likeness (QED) is 0.164. The van der Waals surface area contributed by atoms with Crippen molar-refractivity contribution < 1.29 is 27.9 Å². The van der Waals surface area contributed by atoms with Crippen LogP contribution in [0, 0.1) is 0 Å². The van der Waals surface area contributed by atoms with E-state index in [0.717, 1.165) is 0 Å². The monoisotopic (exact) mass is 463 g/mol. The third kappa shape index (κ3) is 11.2. The molecule has 12 heteroatoms. The van der Waals surface area contributed by atoms with Crippen LogP contribution in [0.3, 0.4) is 0 Å². The van der Waals surface area contributed by atoms with Gasteiger partial charge in [0.25, 0.3) is 5.91 Å². The van der Waals surface area contributed by atoms with E-state index in [9.17, 15) is 9.36 Å². The topological polar surface area (TPSA) is 140 Å². The molecule has 1 aromatic rings. The molecule has 1 heterocycles. The van der Waals surface area contributed by atoms with E-state index in [1.165, 1.54) is 4.68 Å². The van der Waals surface area contributed by atoms with Crippen molar-refractivity contribution in [2.24, 2.45) is 5.84 Å². The van der Waals surface area contributed by atoms with Gasteiger partial charge in [-0.3, -0.25) is 14.8 Å². The molecule has 0 saturated carbocycles. The largest absolute Gasteiger partial charge is 0.375 e. The Bertz CT molecular complexity index is 714. The number of nitrogens with zero attached hydrogens (tertiary/aromatic N) is 3. The van der Waals surface area contributed by atoms with E-state index < -0.39 is 18.8 Å². The van der Waals surface area contributed by atoms with Gasteiger partial charge in [-0.1, -0.05) is 5.21 Å². The Balaban J connectivity index is 2.43. The van der Waals surface area contributed by atoms with Crippen molar-refractivity contribution >= 4 is 13.5 Å². The Kier molecular flexibility index (Phi) is 11.3. The molecule has 0 fully saturated rings. The number of amides is 1. The van der Waals surface area contributed by atoms with Crippen LogP contribution in [0.4, 0.5) is 0 Å². The van der Waals surface area contributed by atoms with E-state index in [2.05, 4.69) is 10.3 Å². The molecule has 0 aromatic carbocycles. The second-order valence-corrected chi connectivity index (χ2v) is 10.5. The van der Waals surface area contributed by atoms with Crippen molar-refractivity contribution in [1.29, 1.82) is 0 Å². The minimum atomic E-state index is -3.09. The van der Waals surface area contributed by atoms with Gasteiger partial charge in [-0.2, -0.15) is 0 Å². The van der Waals surface area contributed by atoms with Crippen LogP contribution in [-0.4, -0.2) is 58.1 Å². The molecule has 0 atom stereocenters. The summed E-state index contributed by atoms with van der Waals surface area (Å²) in [6, 6.07) is 0. The molecule has 1 rings (SSSR count). The average molecular weight is 464 g/mol. The summed E-state index contributed by atoms with van der Waals surface area (Å²) >= 11 is 0. The number of ether oxygens (including phenoxy) is 2. The smallest absolute Gasteiger partial charge is 0.330 e. The minimum absolute atomic E-state index is 0.00462. The van der Waals surface area contributed by atoms with Crippen LogP contribution in [0.1, 0.15) is 60.1 Å². The van der Waals surface area contributed by atoms with E-state index in [4.69, 9.17) is 24.4 Å². The first-order valence-electron chi connectivity index (χ1n) is 10.5. The minimum Gasteiger partial charge on any atom is -0.375 e. The van der Waals surface area contributed by atoms with Crippen LogP contribution in [0.15, 0.2) is 6.20 Å². The highest BCUT2D eigenvalue weighted by Gasteiger charge is 2.29. The lowest BCUT2D eigenvalue weighted by atomic mass is 10.0. The predicted octanol–water partition coefficient (Wildman–Crippen LogP) is 2.40. The highest BCUT2D eigenvalue weighted by molar-refractivity contribution is 7.53. The lowest BCUT2D eigenvalue weighted by Crippen LogP contribution is -2.33. The first-order chi connectivity index (χ1) is 14.4. The Morgan fingerprint density at radius 2 is 1.74 bits per heavy atom. The van der Waals surface area contributed by atoms with Crippen LogP contribution in [0.25, 0.3) is 0 Å². The number of nitrogens with two attached hydrogens (primary N) is 1. The fraction of sp³-hybridized carbons (Fsp3) is 0.842. The van der Waals surface area contributed by atoms with Crippen molar-refractivity contribution in [2.75, 3.05) is 26.0 Å². The summed E-state index contributed by atoms with van der Waals surface area (Å²) in [6.07, 6.45) is 3.14. The maximum Gasteiger partial charge on any atom is 0.330 e. The molecule has 1 amide bonds. The molecule has 31 heavy (non-hydrogen) atoms. The lowest BCUT2D eigenvalue weighted by Gasteiger charge is -2.30. The molecule has 0 aliphatic heterocycles. The van der Waals surface area contributed by atoms with Gasteiger partial charge in [-0.25, -0.2) is 10.5 Å². The zero-order chi connectivity index (χ0) is 23.5. The SMILES string of the molecule is CCOP(=O)(CCC(C)(C)OCCC(C)(C)OCc1cn(CC(=O)NN)nn1)OCC. The first kappa shape index (κ1) is 27.7. The Labute approximate surface area is 184 Å². The summed E-state index contributed by atoms with van der Waals surface area (Å²) in [6.45, 7) is 12.9. The molecule has 0 aliphatic rings. The van der Waals surface area contributed by atoms with E-state index in [0.29, 0.717) is 44.5 Å². The standard InChI is InChI=1S/C19H38N5O6P/c1-7-29-31(26,30-8-2)12-10-19(5,6)27-11-9-18(3,4)28-15-16-13-24(23-22-16)14-17(25)21-20/h13H,7-12,14-15,20H2,1-6H3,(H,21,25). The van der Waals surface area contributed by atoms with Gasteiger partial charge in [0, 0.05) is 0 Å². The molecule has 0 radical (unpaired) electrons. The zero-order valence-corrected chi connectivity index (χ0v) is 20.4. The van der Waals surface area contributed by atoms with Crippen molar-refractivity contribution in [3.63, 3.8) is 0 Å². The van der Waals surface area contributed by atoms with Crippen LogP contribution in [0.2, 0.25) is 0 Å². The van der Waals surface area contributed by atoms with E-state index in [1.54, 1.807) is 20.0 Å². The van der Waals surface area contributed by atoms with E-state index in [-0.39, 0.29) is 19.1 Å². The van der Waals surface area contributed by atoms with E-state index >= 15 is 0 Å². The maximum atomic E-state index is 12.6. The second-order valence-electron chi connectivity index (χ2n) is 8.30. The fourth-order valence-electron chi connectivity index (χ4n) is 2.63. The fourth-order valence-corrected chi connectivity index (χ4v) is 4.56. The number of hydrogen-bond donors (Lipinski definition) is 2. The molecule has 0 saturated heterocycles. The Morgan fingerprint density at radius 3 is 2.32 bits per heavy atom. The summed E-state index contributed by atoms with van der Waals surface area (Å²) in [5, 5.41) is 7.86. The summed E-state index contributed by atoms with van der Waals surface area (Å²) < 4.78 is 36.7. The number of carbonyl (C=O) groups is 1. The van der Waals surface area contributed by atoms with Crippen LogP contribution in [-0.2, 0) is 41.0 Å². The van der Waals surface area contributed by atoms with E-state index in [1.807, 2.05) is 33.1 Å². The third-order valence-electron chi connectivity index (χ3n) is 4.50. The molecule has 0 aliphatic carbocycles. The van der Waals surface area contributed by atoms with Gasteiger partial charge in [-0.15, -0.1) is 5.10 Å². The van der Waals surface area contributed by atoms with Gasteiger partial charge in [-0.05, 0) is 54.4 Å². The molecule has 1 aromatic heterocycles. The average Bonchev–Trinajstić information content (AvgIpc) is 3.12. The number of nitrogens with one attached hydrogen (secondary N) is 1. The third-order valence-corrected chi connectivity index (χ3v) is 6.57. The highest BCUT2D eigenvalue weighted by atomic mass is 31.2. The lowest BCUT2D eigenvalue weighted by molar-refractivity contribution is -0.121. The molecule has 0 unspecified atom stereocenters. The molecule has 11 nitrogen and oxygen atoms in total. The predicted molar refractivity (Wildman–Crippen MR) is 116 cm³/mol. The molecule has 0 spiro atoms.